The molecule has 1 heterocycles. The van der Waals surface area contributed by atoms with Gasteiger partial charge >= 0.3 is 0 Å². The summed E-state index contributed by atoms with van der Waals surface area (Å²) in [5, 5.41) is 1.26. The lowest BCUT2D eigenvalue weighted by atomic mass is 10.1. The summed E-state index contributed by atoms with van der Waals surface area (Å²) in [4.78, 5) is 0. The van der Waals surface area contributed by atoms with Crippen molar-refractivity contribution in [2.24, 2.45) is 7.05 Å². The Labute approximate surface area is 95.4 Å². The van der Waals surface area contributed by atoms with E-state index in [1.807, 2.05) is 12.1 Å². The van der Waals surface area contributed by atoms with E-state index in [1.165, 1.54) is 22.2 Å². The molecule has 0 radical (unpaired) electrons. The predicted octanol–water partition coefficient (Wildman–Crippen LogP) is 2.81. The van der Waals surface area contributed by atoms with E-state index in [0.717, 1.165) is 24.9 Å². The maximum Gasteiger partial charge on any atom is 0.0503 e. The normalized spacial score (nSPS) is 15.1. The molecule has 0 saturated heterocycles. The highest BCUT2D eigenvalue weighted by molar-refractivity contribution is 5.95. The molecule has 2 nitrogen and oxygen atoms in total. The zero-order valence-electron chi connectivity index (χ0n) is 9.53. The lowest BCUT2D eigenvalue weighted by Crippen LogP contribution is -1.97. The summed E-state index contributed by atoms with van der Waals surface area (Å²) in [5.41, 5.74) is 11.1. The first-order chi connectivity index (χ1) is 7.79. The van der Waals surface area contributed by atoms with E-state index < -0.39 is 0 Å². The Morgan fingerprint density at radius 3 is 3.00 bits per heavy atom. The van der Waals surface area contributed by atoms with Gasteiger partial charge in [0.25, 0.3) is 0 Å². The fraction of sp³-hybridized carbons (Fsp3) is 0.286. The monoisotopic (exact) mass is 212 g/mol. The second-order valence-corrected chi connectivity index (χ2v) is 4.44. The van der Waals surface area contributed by atoms with Gasteiger partial charge in [0.05, 0.1) is 5.52 Å². The van der Waals surface area contributed by atoms with Gasteiger partial charge in [0.15, 0.2) is 0 Å². The topological polar surface area (TPSA) is 30.9 Å². The van der Waals surface area contributed by atoms with Crippen molar-refractivity contribution in [1.29, 1.82) is 0 Å². The van der Waals surface area contributed by atoms with Crippen molar-refractivity contribution in [1.82, 2.24) is 4.57 Å². The van der Waals surface area contributed by atoms with Crippen LogP contribution in [0.1, 0.15) is 17.7 Å². The first kappa shape index (κ1) is 9.52. The summed E-state index contributed by atoms with van der Waals surface area (Å²) in [6.45, 7) is 0. The number of rotatable bonds is 0. The van der Waals surface area contributed by atoms with Crippen LogP contribution in [0.25, 0.3) is 10.9 Å². The maximum atomic E-state index is 6.11. The van der Waals surface area contributed by atoms with Crippen LogP contribution in [0, 0.1) is 0 Å². The smallest absolute Gasteiger partial charge is 0.0503 e. The average Bonchev–Trinajstić information content (AvgIpc) is 2.48. The fourth-order valence-electron chi connectivity index (χ4n) is 2.74. The number of allylic oxidation sites excluding steroid dienone is 2. The molecule has 0 amide bonds. The Balaban J connectivity index is 2.41. The average molecular weight is 212 g/mol. The summed E-state index contributed by atoms with van der Waals surface area (Å²) in [6, 6.07) is 6.19. The van der Waals surface area contributed by atoms with Crippen LogP contribution in [0.15, 0.2) is 30.4 Å². The number of hydrogen-bond donors (Lipinski definition) is 1. The SMILES string of the molecule is Cn1c2c(c3c(N)cccc31)CC=CCC2. The number of nitrogens with two attached hydrogens (primary N) is 1. The number of aromatic nitrogens is 1. The third-order valence-electron chi connectivity index (χ3n) is 3.53. The Hall–Kier alpha value is -1.70. The highest BCUT2D eigenvalue weighted by Crippen LogP contribution is 2.32. The molecule has 1 aliphatic carbocycles. The fourth-order valence-corrected chi connectivity index (χ4v) is 2.74. The van der Waals surface area contributed by atoms with Crippen molar-refractivity contribution in [3.63, 3.8) is 0 Å². The Morgan fingerprint density at radius 2 is 2.12 bits per heavy atom. The van der Waals surface area contributed by atoms with Crippen molar-refractivity contribution >= 4 is 16.6 Å². The van der Waals surface area contributed by atoms with Crippen molar-refractivity contribution < 1.29 is 0 Å². The predicted molar refractivity (Wildman–Crippen MR) is 68.5 cm³/mol. The van der Waals surface area contributed by atoms with Crippen LogP contribution >= 0.6 is 0 Å². The summed E-state index contributed by atoms with van der Waals surface area (Å²) in [7, 11) is 2.14. The second-order valence-electron chi connectivity index (χ2n) is 4.44. The van der Waals surface area contributed by atoms with Crippen molar-refractivity contribution in [2.45, 2.75) is 19.3 Å². The van der Waals surface area contributed by atoms with Gasteiger partial charge in [0.2, 0.25) is 0 Å². The molecule has 2 heteroatoms. The number of nitrogen functional groups attached to an aromatic ring is 1. The molecule has 82 valence electrons. The van der Waals surface area contributed by atoms with E-state index in [9.17, 15) is 0 Å². The minimum atomic E-state index is 0.907. The highest BCUT2D eigenvalue weighted by Gasteiger charge is 2.16. The molecule has 0 unspecified atom stereocenters. The van der Waals surface area contributed by atoms with Crippen molar-refractivity contribution in [3.05, 3.63) is 41.6 Å². The zero-order chi connectivity index (χ0) is 11.1. The van der Waals surface area contributed by atoms with Crippen LogP contribution in [-0.2, 0) is 19.9 Å². The van der Waals surface area contributed by atoms with Crippen LogP contribution in [0.2, 0.25) is 0 Å². The Kier molecular flexibility index (Phi) is 2.03. The molecule has 0 atom stereocenters. The highest BCUT2D eigenvalue weighted by atomic mass is 15.0. The third kappa shape index (κ3) is 1.19. The molecule has 16 heavy (non-hydrogen) atoms. The Morgan fingerprint density at radius 1 is 1.25 bits per heavy atom. The van der Waals surface area contributed by atoms with Crippen LogP contribution in [0.5, 0.6) is 0 Å². The molecule has 2 aromatic rings. The van der Waals surface area contributed by atoms with Gasteiger partial charge in [0.1, 0.15) is 0 Å². The standard InChI is InChI=1S/C14H16N2/c1-16-12-8-4-2-3-6-10(12)14-11(15)7-5-9-13(14)16/h2-3,5,7,9H,4,6,8,15H2,1H3. The molecule has 0 fully saturated rings. The van der Waals surface area contributed by atoms with E-state index in [0.29, 0.717) is 0 Å². The van der Waals surface area contributed by atoms with E-state index in [-0.39, 0.29) is 0 Å². The first-order valence-electron chi connectivity index (χ1n) is 5.78. The molecule has 1 aliphatic rings. The number of aryl methyl sites for hydroxylation is 1. The number of nitrogens with zero attached hydrogens (tertiary/aromatic N) is 1. The van der Waals surface area contributed by atoms with Gasteiger partial charge in [-0.25, -0.2) is 0 Å². The van der Waals surface area contributed by atoms with Gasteiger partial charge in [-0.15, -0.1) is 0 Å². The van der Waals surface area contributed by atoms with E-state index >= 15 is 0 Å². The number of anilines is 1. The number of fused-ring (bicyclic) bond motifs is 3. The molecule has 1 aromatic heterocycles. The van der Waals surface area contributed by atoms with Crippen molar-refractivity contribution in [2.75, 3.05) is 5.73 Å². The maximum absolute atomic E-state index is 6.11. The second kappa shape index (κ2) is 3.41. The molecule has 3 rings (SSSR count). The van der Waals surface area contributed by atoms with Crippen LogP contribution in [-0.4, -0.2) is 4.57 Å². The molecule has 1 aromatic carbocycles. The number of hydrogen-bond acceptors (Lipinski definition) is 1. The van der Waals surface area contributed by atoms with Gasteiger partial charge in [-0.05, 0) is 37.0 Å². The summed E-state index contributed by atoms with van der Waals surface area (Å²) < 4.78 is 2.30. The quantitative estimate of drug-likeness (QED) is 0.528. The molecule has 2 N–H and O–H groups in total. The summed E-state index contributed by atoms with van der Waals surface area (Å²) in [5.74, 6) is 0. The molecule has 0 spiro atoms. The van der Waals surface area contributed by atoms with Gasteiger partial charge in [-0.1, -0.05) is 18.2 Å². The van der Waals surface area contributed by atoms with Gasteiger partial charge in [-0.3, -0.25) is 0 Å². The van der Waals surface area contributed by atoms with Gasteiger partial charge in [0, 0.05) is 23.8 Å². The van der Waals surface area contributed by atoms with Crippen LogP contribution in [0.4, 0.5) is 5.69 Å². The van der Waals surface area contributed by atoms with E-state index in [1.54, 1.807) is 0 Å². The van der Waals surface area contributed by atoms with E-state index in [2.05, 4.69) is 29.8 Å². The minimum absolute atomic E-state index is 0.907. The van der Waals surface area contributed by atoms with Crippen LogP contribution < -0.4 is 5.73 Å². The van der Waals surface area contributed by atoms with Crippen molar-refractivity contribution in [3.8, 4) is 0 Å². The molecule has 0 saturated carbocycles. The van der Waals surface area contributed by atoms with Gasteiger partial charge in [-0.2, -0.15) is 0 Å². The van der Waals surface area contributed by atoms with E-state index in [4.69, 9.17) is 5.73 Å². The molecular weight excluding hydrogens is 196 g/mol. The Bertz CT molecular complexity index is 576. The summed E-state index contributed by atoms with van der Waals surface area (Å²) in [6.07, 6.45) is 7.80. The molecular formula is C14H16N2. The lowest BCUT2D eigenvalue weighted by molar-refractivity contribution is 0.828. The first-order valence-corrected chi connectivity index (χ1v) is 5.78. The third-order valence-corrected chi connectivity index (χ3v) is 3.53. The molecule has 0 aliphatic heterocycles. The molecule has 0 bridgehead atoms. The van der Waals surface area contributed by atoms with Crippen LogP contribution in [0.3, 0.4) is 0 Å². The number of benzene rings is 1. The van der Waals surface area contributed by atoms with Gasteiger partial charge < -0.3 is 10.3 Å². The zero-order valence-corrected chi connectivity index (χ0v) is 9.53. The lowest BCUT2D eigenvalue weighted by Gasteiger charge is -2.02. The minimum Gasteiger partial charge on any atom is -0.398 e. The summed E-state index contributed by atoms with van der Waals surface area (Å²) >= 11 is 0. The largest absolute Gasteiger partial charge is 0.398 e.